The van der Waals surface area contributed by atoms with Crippen molar-refractivity contribution in [3.05, 3.63) is 69.6 Å². The van der Waals surface area contributed by atoms with Gasteiger partial charge in [-0.3, -0.25) is 4.79 Å². The molecule has 1 fully saturated rings. The number of piperazine rings is 1. The Labute approximate surface area is 220 Å². The Kier molecular flexibility index (Phi) is 7.02. The van der Waals surface area contributed by atoms with E-state index in [1.54, 1.807) is 50.4 Å². The molecule has 0 N–H and O–H groups in total. The molecular weight excluding hydrogens is 520 g/mol. The molecule has 37 heavy (non-hydrogen) atoms. The van der Waals surface area contributed by atoms with Gasteiger partial charge >= 0.3 is 5.56 Å². The van der Waals surface area contributed by atoms with Crippen LogP contribution in [0.4, 0.5) is 5.69 Å². The largest absolute Gasteiger partial charge is 0.481 e. The zero-order chi connectivity index (χ0) is 26.2. The van der Waals surface area contributed by atoms with Crippen LogP contribution >= 0.6 is 11.6 Å². The number of aromatic nitrogens is 2. The van der Waals surface area contributed by atoms with Crippen molar-refractivity contribution >= 4 is 27.3 Å². The van der Waals surface area contributed by atoms with E-state index in [0.717, 1.165) is 5.56 Å². The predicted octanol–water partition coefficient (Wildman–Crippen LogP) is 3.05. The van der Waals surface area contributed by atoms with Gasteiger partial charge in [-0.15, -0.1) is 0 Å². The molecule has 10 nitrogen and oxygen atoms in total. The van der Waals surface area contributed by atoms with Gasteiger partial charge < -0.3 is 19.1 Å². The summed E-state index contributed by atoms with van der Waals surface area (Å²) in [5, 5.41) is 4.35. The van der Waals surface area contributed by atoms with Crippen LogP contribution in [0.25, 0.3) is 5.69 Å². The molecule has 2 aromatic carbocycles. The quantitative estimate of drug-likeness (QED) is 0.445. The molecule has 0 unspecified atom stereocenters. The summed E-state index contributed by atoms with van der Waals surface area (Å²) in [5.41, 5.74) is 1.27. The number of anilines is 1. The minimum Gasteiger partial charge on any atom is -0.481 e. The van der Waals surface area contributed by atoms with Gasteiger partial charge in [0, 0.05) is 36.8 Å². The zero-order valence-electron chi connectivity index (χ0n) is 20.5. The number of benzene rings is 2. The van der Waals surface area contributed by atoms with Gasteiger partial charge in [0.15, 0.2) is 11.5 Å². The average molecular weight is 547 g/mol. The molecule has 0 amide bonds. The molecule has 2 aliphatic heterocycles. The number of nitrogens with zero attached hydrogens (tertiary/aromatic N) is 4. The maximum Gasteiger partial charge on any atom is 0.316 e. The van der Waals surface area contributed by atoms with Gasteiger partial charge in [-0.25, -0.2) is 8.42 Å². The van der Waals surface area contributed by atoms with Crippen LogP contribution in [0.5, 0.6) is 17.2 Å². The summed E-state index contributed by atoms with van der Waals surface area (Å²) in [6.07, 6.45) is 1.57. The van der Waals surface area contributed by atoms with Gasteiger partial charge in [-0.05, 0) is 38.1 Å². The summed E-state index contributed by atoms with van der Waals surface area (Å²) in [7, 11) is -3.37. The fourth-order valence-corrected chi connectivity index (χ4v) is 5.77. The van der Waals surface area contributed by atoms with Crippen LogP contribution in [-0.4, -0.2) is 60.7 Å². The van der Waals surface area contributed by atoms with Crippen LogP contribution < -0.4 is 24.7 Å². The Bertz CT molecular complexity index is 1470. The van der Waals surface area contributed by atoms with Gasteiger partial charge in [0.05, 0.1) is 17.1 Å². The lowest BCUT2D eigenvalue weighted by molar-refractivity contribution is 0.171. The lowest BCUT2D eigenvalue weighted by Crippen LogP contribution is -2.50. The predicted molar refractivity (Wildman–Crippen MR) is 140 cm³/mol. The van der Waals surface area contributed by atoms with E-state index in [9.17, 15) is 13.2 Å². The molecule has 0 aliphatic carbocycles. The van der Waals surface area contributed by atoms with Crippen molar-refractivity contribution in [2.45, 2.75) is 25.7 Å². The van der Waals surface area contributed by atoms with Gasteiger partial charge in [0.2, 0.25) is 22.6 Å². The molecule has 0 bridgehead atoms. The highest BCUT2D eigenvalue weighted by molar-refractivity contribution is 7.89. The first-order chi connectivity index (χ1) is 17.8. The number of halogens is 1. The monoisotopic (exact) mass is 546 g/mol. The van der Waals surface area contributed by atoms with Crippen LogP contribution in [0.2, 0.25) is 5.02 Å². The molecular formula is C25H27ClN4O6S. The Morgan fingerprint density at radius 3 is 2.57 bits per heavy atom. The molecule has 0 saturated carbocycles. The van der Waals surface area contributed by atoms with E-state index >= 15 is 0 Å². The normalized spacial score (nSPS) is 15.8. The van der Waals surface area contributed by atoms with Crippen LogP contribution in [0.3, 0.4) is 0 Å². The van der Waals surface area contributed by atoms with E-state index in [1.165, 1.54) is 8.99 Å². The molecule has 0 atom stereocenters. The van der Waals surface area contributed by atoms with Crippen molar-refractivity contribution < 1.29 is 22.6 Å². The summed E-state index contributed by atoms with van der Waals surface area (Å²) in [6, 6.07) is 12.3. The van der Waals surface area contributed by atoms with Gasteiger partial charge in [-0.1, -0.05) is 29.8 Å². The lowest BCUT2D eigenvalue weighted by Gasteiger charge is -2.36. The fraction of sp³-hybridized carbons (Fsp3) is 0.360. The second-order valence-corrected chi connectivity index (χ2v) is 11.9. The maximum atomic E-state index is 13.7. The molecule has 3 aromatic rings. The Morgan fingerprint density at radius 1 is 1.08 bits per heavy atom. The van der Waals surface area contributed by atoms with E-state index in [0.29, 0.717) is 54.1 Å². The van der Waals surface area contributed by atoms with Crippen molar-refractivity contribution in [1.29, 1.82) is 0 Å². The summed E-state index contributed by atoms with van der Waals surface area (Å²) in [5.74, 6) is 1.31. The van der Waals surface area contributed by atoms with E-state index in [-0.39, 0.29) is 19.1 Å². The first-order valence-electron chi connectivity index (χ1n) is 11.9. The highest BCUT2D eigenvalue weighted by atomic mass is 35.5. The fourth-order valence-electron chi connectivity index (χ4n) is 4.32. The van der Waals surface area contributed by atoms with Gasteiger partial charge in [0.1, 0.15) is 12.3 Å². The first kappa shape index (κ1) is 25.4. The highest BCUT2D eigenvalue weighted by Gasteiger charge is 2.31. The summed E-state index contributed by atoms with van der Waals surface area (Å²) >= 11 is 6.15. The summed E-state index contributed by atoms with van der Waals surface area (Å²) in [6.45, 7) is 4.91. The van der Waals surface area contributed by atoms with Crippen LogP contribution in [0.1, 0.15) is 19.4 Å². The number of para-hydroxylation sites is 1. The van der Waals surface area contributed by atoms with E-state index < -0.39 is 20.8 Å². The molecule has 5 rings (SSSR count). The van der Waals surface area contributed by atoms with Crippen molar-refractivity contribution in [2.75, 3.05) is 37.9 Å². The molecule has 0 radical (unpaired) electrons. The number of hydrogen-bond donors (Lipinski definition) is 0. The number of rotatable bonds is 7. The molecule has 1 aromatic heterocycles. The summed E-state index contributed by atoms with van der Waals surface area (Å²) in [4.78, 5) is 15.6. The second-order valence-electron chi connectivity index (χ2n) is 8.98. The van der Waals surface area contributed by atoms with E-state index in [4.69, 9.17) is 25.8 Å². The lowest BCUT2D eigenvalue weighted by atomic mass is 10.2. The smallest absolute Gasteiger partial charge is 0.316 e. The Morgan fingerprint density at radius 2 is 1.84 bits per heavy atom. The third-order valence-corrected chi connectivity index (χ3v) is 8.86. The number of hydrogen-bond acceptors (Lipinski definition) is 8. The standard InChI is InChI=1S/C25H27ClN4O6S/c1-17(2)37(32,33)29-11-9-28(10-12-29)21-14-27-30(20-7-4-6-19(26)13-20)25(31)24(21)34-15-18-5-3-8-22-23(18)36-16-35-22/h3-8,13-14,17H,9-12,15-16H2,1-2H3. The SMILES string of the molecule is CC(C)S(=O)(=O)N1CCN(c2cnn(-c3cccc(Cl)c3)c(=O)c2OCc2cccc3c2OCO3)CC1. The molecule has 12 heteroatoms. The third-order valence-electron chi connectivity index (χ3n) is 6.35. The van der Waals surface area contributed by atoms with Gasteiger partial charge in [0.25, 0.3) is 0 Å². The maximum absolute atomic E-state index is 13.7. The van der Waals surface area contributed by atoms with E-state index in [1.807, 2.05) is 17.0 Å². The van der Waals surface area contributed by atoms with Gasteiger partial charge in [-0.2, -0.15) is 14.1 Å². The molecule has 196 valence electrons. The van der Waals surface area contributed by atoms with Crippen LogP contribution in [0.15, 0.2) is 53.5 Å². The molecule has 2 aliphatic rings. The van der Waals surface area contributed by atoms with Crippen LogP contribution in [0, 0.1) is 0 Å². The first-order valence-corrected chi connectivity index (χ1v) is 13.8. The van der Waals surface area contributed by atoms with Crippen LogP contribution in [-0.2, 0) is 16.6 Å². The summed E-state index contributed by atoms with van der Waals surface area (Å²) < 4.78 is 45.1. The van der Waals surface area contributed by atoms with E-state index in [2.05, 4.69) is 5.10 Å². The topological polar surface area (TPSA) is 103 Å². The molecule has 3 heterocycles. The highest BCUT2D eigenvalue weighted by Crippen LogP contribution is 2.36. The zero-order valence-corrected chi connectivity index (χ0v) is 22.0. The second kappa shape index (κ2) is 10.2. The number of fused-ring (bicyclic) bond motifs is 1. The number of ether oxygens (including phenoxy) is 3. The Hall–Kier alpha value is -3.28. The number of sulfonamides is 1. The average Bonchev–Trinajstić information content (AvgIpc) is 3.37. The minimum atomic E-state index is -3.37. The third kappa shape index (κ3) is 4.98. The van der Waals surface area contributed by atoms with Crippen molar-refractivity contribution in [3.8, 4) is 22.9 Å². The minimum absolute atomic E-state index is 0.0655. The molecule has 1 saturated heterocycles. The molecule has 0 spiro atoms. The van der Waals surface area contributed by atoms with Crippen molar-refractivity contribution in [1.82, 2.24) is 14.1 Å². The van der Waals surface area contributed by atoms with Crippen molar-refractivity contribution in [3.63, 3.8) is 0 Å². The van der Waals surface area contributed by atoms with Crippen molar-refractivity contribution in [2.24, 2.45) is 0 Å². The Balaban J connectivity index is 1.48.